The molecule has 0 unspecified atom stereocenters. The summed E-state index contributed by atoms with van der Waals surface area (Å²) >= 11 is -3.28. The van der Waals surface area contributed by atoms with E-state index in [1.165, 1.54) is 6.08 Å². The second-order valence-electron chi connectivity index (χ2n) is 2.39. The van der Waals surface area contributed by atoms with Gasteiger partial charge in [-0.2, -0.15) is 0 Å². The molecule has 0 bridgehead atoms. The van der Waals surface area contributed by atoms with Crippen molar-refractivity contribution in [1.82, 2.24) is 0 Å². The number of hydrogen-bond donors (Lipinski definition) is 0. The Morgan fingerprint density at radius 1 is 1.07 bits per heavy atom. The fraction of sp³-hybridized carbons (Fsp3) is 0.875. The van der Waals surface area contributed by atoms with E-state index in [-0.39, 0.29) is 4.85 Å². The van der Waals surface area contributed by atoms with Gasteiger partial charge in [0.05, 0.1) is 0 Å². The van der Waals surface area contributed by atoms with Crippen LogP contribution in [0.1, 0.15) is 20.8 Å². The van der Waals surface area contributed by atoms with Crippen LogP contribution in [0.5, 0.6) is 0 Å². The molecule has 6 heteroatoms. The van der Waals surface area contributed by atoms with E-state index in [2.05, 4.69) is 4.99 Å². The molecule has 0 aromatic rings. The minimum absolute atomic E-state index is 0.193. The van der Waals surface area contributed by atoms with Crippen LogP contribution in [0, 0.1) is 0 Å². The Labute approximate surface area is 89.2 Å². The van der Waals surface area contributed by atoms with Crippen LogP contribution >= 0.6 is 0 Å². The Morgan fingerprint density at radius 3 is 1.79 bits per heavy atom. The van der Waals surface area contributed by atoms with E-state index in [1.807, 2.05) is 20.8 Å². The molecule has 0 radical (unpaired) electrons. The molecule has 5 nitrogen and oxygen atoms in total. The summed E-state index contributed by atoms with van der Waals surface area (Å²) in [6.45, 7) is 7.12. The van der Waals surface area contributed by atoms with E-state index in [1.54, 1.807) is 0 Å². The standard InChI is InChI=1S/C2H2NO.3C2H5O.Ti/c1-3-2-4;3*1-2-3;/h1H2;3*2H2,1H3;/q;3*-1;+3. The van der Waals surface area contributed by atoms with Crippen molar-refractivity contribution in [2.45, 2.75) is 20.8 Å². The van der Waals surface area contributed by atoms with Gasteiger partial charge in [-0.15, -0.1) is 0 Å². The summed E-state index contributed by atoms with van der Waals surface area (Å²) in [5.74, 6) is 0. The Kier molecular flexibility index (Phi) is 8.28. The first-order valence-electron chi connectivity index (χ1n) is 4.70. The van der Waals surface area contributed by atoms with E-state index in [0.29, 0.717) is 19.8 Å². The van der Waals surface area contributed by atoms with Crippen molar-refractivity contribution in [3.63, 3.8) is 0 Å². The van der Waals surface area contributed by atoms with Gasteiger partial charge >= 0.3 is 89.0 Å². The number of nitrogens with zero attached hydrogens (tertiary/aromatic N) is 1. The third-order valence-corrected chi connectivity index (χ3v) is 5.69. The molecular weight excluding hydrogens is 222 g/mol. The van der Waals surface area contributed by atoms with Crippen molar-refractivity contribution in [2.75, 3.05) is 24.7 Å². The van der Waals surface area contributed by atoms with Gasteiger partial charge in [-0.3, -0.25) is 0 Å². The van der Waals surface area contributed by atoms with Crippen molar-refractivity contribution in [2.24, 2.45) is 4.99 Å². The average Bonchev–Trinajstić information content (AvgIpc) is 2.16. The van der Waals surface area contributed by atoms with Gasteiger partial charge in [-0.25, -0.2) is 0 Å². The Hall–Kier alpha value is -0.0257. The second kappa shape index (κ2) is 8.30. The van der Waals surface area contributed by atoms with Gasteiger partial charge in [0.25, 0.3) is 0 Å². The summed E-state index contributed by atoms with van der Waals surface area (Å²) in [7, 11) is 0. The van der Waals surface area contributed by atoms with E-state index >= 15 is 0 Å². The summed E-state index contributed by atoms with van der Waals surface area (Å²) in [4.78, 5) is 13.7. The third kappa shape index (κ3) is 5.01. The molecule has 0 heterocycles. The molecule has 0 aliphatic rings. The minimum atomic E-state index is -3.28. The maximum absolute atomic E-state index is 10.0. The Balaban J connectivity index is 4.44. The van der Waals surface area contributed by atoms with Crippen LogP contribution in [0.4, 0.5) is 0 Å². The van der Waals surface area contributed by atoms with Gasteiger partial charge in [-0.05, 0) is 0 Å². The van der Waals surface area contributed by atoms with E-state index in [4.69, 9.17) is 9.96 Å². The normalized spacial score (nSPS) is 11.1. The molecular formula is C8H17NO4Ti. The zero-order valence-corrected chi connectivity index (χ0v) is 10.5. The molecule has 0 aromatic heterocycles. The average molecular weight is 239 g/mol. The van der Waals surface area contributed by atoms with Gasteiger partial charge in [-0.1, -0.05) is 0 Å². The van der Waals surface area contributed by atoms with Crippen LogP contribution in [0.25, 0.3) is 0 Å². The van der Waals surface area contributed by atoms with Crippen molar-refractivity contribution >= 4 is 6.08 Å². The number of hydrogen-bond acceptors (Lipinski definition) is 5. The van der Waals surface area contributed by atoms with Gasteiger partial charge in [0.1, 0.15) is 0 Å². The quantitative estimate of drug-likeness (QED) is 0.364. The van der Waals surface area contributed by atoms with E-state index in [0.717, 1.165) is 0 Å². The van der Waals surface area contributed by atoms with Crippen molar-refractivity contribution < 1.29 is 32.5 Å². The number of aliphatic imine (C=N–C) groups is 1. The molecule has 0 atom stereocenters. The Bertz CT molecular complexity index is 177. The first-order chi connectivity index (χ1) is 6.74. The summed E-state index contributed by atoms with van der Waals surface area (Å²) in [5, 5.41) is 0. The third-order valence-electron chi connectivity index (χ3n) is 1.43. The zero-order chi connectivity index (χ0) is 10.9. The van der Waals surface area contributed by atoms with Gasteiger partial charge < -0.3 is 0 Å². The zero-order valence-electron chi connectivity index (χ0n) is 8.91. The maximum atomic E-state index is 10.0. The summed E-state index contributed by atoms with van der Waals surface area (Å²) in [6, 6.07) is 0. The summed E-state index contributed by atoms with van der Waals surface area (Å²) in [5.41, 5.74) is 0. The molecule has 0 aliphatic heterocycles. The topological polar surface area (TPSA) is 57.1 Å². The van der Waals surface area contributed by atoms with Crippen molar-refractivity contribution in [1.29, 1.82) is 0 Å². The van der Waals surface area contributed by atoms with Crippen LogP contribution in [0.2, 0.25) is 0 Å². The SMILES string of the molecule is CC[O][Ti]([CH2]N=C=O)([O]CC)[O]CC. The molecule has 0 spiro atoms. The molecule has 0 fully saturated rings. The van der Waals surface area contributed by atoms with Gasteiger partial charge in [0, 0.05) is 0 Å². The van der Waals surface area contributed by atoms with E-state index < -0.39 is 17.8 Å². The molecule has 0 amide bonds. The fourth-order valence-corrected chi connectivity index (χ4v) is 4.33. The van der Waals surface area contributed by atoms with Gasteiger partial charge in [0.2, 0.25) is 0 Å². The monoisotopic (exact) mass is 239 g/mol. The molecule has 0 aromatic carbocycles. The van der Waals surface area contributed by atoms with Crippen LogP contribution in [0.15, 0.2) is 4.99 Å². The van der Waals surface area contributed by atoms with Crippen LogP contribution in [0.3, 0.4) is 0 Å². The molecule has 0 N–H and O–H groups in total. The second-order valence-corrected chi connectivity index (χ2v) is 6.37. The molecule has 0 rings (SSSR count). The fourth-order valence-electron chi connectivity index (χ4n) is 1.05. The molecule has 0 aliphatic carbocycles. The van der Waals surface area contributed by atoms with Crippen LogP contribution < -0.4 is 0 Å². The molecule has 14 heavy (non-hydrogen) atoms. The first kappa shape index (κ1) is 14.0. The van der Waals surface area contributed by atoms with Crippen LogP contribution in [-0.4, -0.2) is 30.8 Å². The first-order valence-corrected chi connectivity index (χ1v) is 7.71. The molecule has 0 saturated carbocycles. The number of carbonyl (C=O) groups excluding carboxylic acids is 1. The number of rotatable bonds is 8. The summed E-state index contributed by atoms with van der Waals surface area (Å²) < 4.78 is 16.4. The summed E-state index contributed by atoms with van der Waals surface area (Å²) in [6.07, 6.45) is 1.48. The van der Waals surface area contributed by atoms with E-state index in [9.17, 15) is 4.79 Å². The van der Waals surface area contributed by atoms with Crippen LogP contribution in [-0.2, 0) is 32.5 Å². The van der Waals surface area contributed by atoms with Crippen molar-refractivity contribution in [3.8, 4) is 0 Å². The van der Waals surface area contributed by atoms with Gasteiger partial charge in [0.15, 0.2) is 0 Å². The predicted octanol–water partition coefficient (Wildman–Crippen LogP) is 1.29. The van der Waals surface area contributed by atoms with Crippen molar-refractivity contribution in [3.05, 3.63) is 0 Å². The molecule has 0 saturated heterocycles. The Morgan fingerprint density at radius 2 is 1.50 bits per heavy atom. The predicted molar refractivity (Wildman–Crippen MR) is 47.9 cm³/mol. The number of isocyanates is 1. The molecule has 82 valence electrons.